The zero-order valence-electron chi connectivity index (χ0n) is 12.8. The van der Waals surface area contributed by atoms with Crippen molar-refractivity contribution < 1.29 is 4.43 Å². The molecule has 0 aromatic heterocycles. The number of rotatable bonds is 5. The van der Waals surface area contributed by atoms with Gasteiger partial charge in [-0.3, -0.25) is 0 Å². The van der Waals surface area contributed by atoms with Crippen molar-refractivity contribution in [1.82, 2.24) is 0 Å². The summed E-state index contributed by atoms with van der Waals surface area (Å²) in [6.45, 7) is 15.8. The first kappa shape index (κ1) is 16.7. The molecule has 0 rings (SSSR count). The van der Waals surface area contributed by atoms with Gasteiger partial charge in [0.15, 0.2) is 8.32 Å². The molecule has 0 amide bonds. The first-order chi connectivity index (χ1) is 7.70. The van der Waals surface area contributed by atoms with Crippen LogP contribution >= 0.6 is 0 Å². The zero-order chi connectivity index (χ0) is 13.5. The first-order valence-electron chi connectivity index (χ1n) is 6.84. The minimum absolute atomic E-state index is 0.309. The van der Waals surface area contributed by atoms with Crippen molar-refractivity contribution in [1.29, 1.82) is 0 Å². The van der Waals surface area contributed by atoms with Crippen molar-refractivity contribution in [2.45, 2.75) is 84.5 Å². The van der Waals surface area contributed by atoms with Gasteiger partial charge in [0.1, 0.15) is 0 Å². The van der Waals surface area contributed by atoms with Crippen LogP contribution in [0.5, 0.6) is 0 Å². The summed E-state index contributed by atoms with van der Waals surface area (Å²) in [4.78, 5) is 0. The van der Waals surface area contributed by atoms with Crippen molar-refractivity contribution in [3.63, 3.8) is 0 Å². The second-order valence-electron chi connectivity index (χ2n) is 6.29. The SMILES string of the molecule is CCC#CCCCC(C)O[Si](C)(C)C(C)(C)C. The van der Waals surface area contributed by atoms with Gasteiger partial charge in [0, 0.05) is 18.9 Å². The van der Waals surface area contributed by atoms with Crippen LogP contribution in [-0.2, 0) is 4.43 Å². The first-order valence-corrected chi connectivity index (χ1v) is 9.75. The molecule has 0 aromatic rings. The van der Waals surface area contributed by atoms with Crippen LogP contribution in [0.2, 0.25) is 18.1 Å². The fourth-order valence-corrected chi connectivity index (χ4v) is 2.91. The van der Waals surface area contributed by atoms with Gasteiger partial charge in [-0.25, -0.2) is 0 Å². The Kier molecular flexibility index (Phi) is 7.12. The summed E-state index contributed by atoms with van der Waals surface area (Å²) in [7, 11) is -1.58. The Hall–Kier alpha value is -0.263. The van der Waals surface area contributed by atoms with Crippen LogP contribution in [0.1, 0.15) is 60.3 Å². The predicted molar refractivity (Wildman–Crippen MR) is 79.7 cm³/mol. The van der Waals surface area contributed by atoms with Crippen LogP contribution in [0, 0.1) is 11.8 Å². The Balaban J connectivity index is 3.98. The Labute approximate surface area is 109 Å². The molecular weight excluding hydrogens is 224 g/mol. The predicted octanol–water partition coefficient (Wildman–Crippen LogP) is 4.98. The molecule has 1 atom stereocenters. The van der Waals surface area contributed by atoms with Gasteiger partial charge in [0.05, 0.1) is 0 Å². The molecule has 0 aliphatic rings. The lowest BCUT2D eigenvalue weighted by Crippen LogP contribution is -2.43. The summed E-state index contributed by atoms with van der Waals surface area (Å²) < 4.78 is 6.30. The van der Waals surface area contributed by atoms with Crippen LogP contribution < -0.4 is 0 Å². The summed E-state index contributed by atoms with van der Waals surface area (Å²) in [6.07, 6.45) is 4.64. The molecule has 0 aliphatic carbocycles. The molecule has 1 unspecified atom stereocenters. The molecule has 0 fully saturated rings. The van der Waals surface area contributed by atoms with E-state index in [4.69, 9.17) is 4.43 Å². The highest BCUT2D eigenvalue weighted by molar-refractivity contribution is 6.74. The van der Waals surface area contributed by atoms with Crippen molar-refractivity contribution in [2.75, 3.05) is 0 Å². The van der Waals surface area contributed by atoms with E-state index < -0.39 is 8.32 Å². The maximum atomic E-state index is 6.30. The van der Waals surface area contributed by atoms with Gasteiger partial charge in [0.25, 0.3) is 0 Å². The van der Waals surface area contributed by atoms with Crippen molar-refractivity contribution >= 4 is 8.32 Å². The smallest absolute Gasteiger partial charge is 0.192 e. The average Bonchev–Trinajstić information content (AvgIpc) is 2.14. The quantitative estimate of drug-likeness (QED) is 0.382. The summed E-state index contributed by atoms with van der Waals surface area (Å²) in [5, 5.41) is 0.309. The average molecular weight is 254 g/mol. The van der Waals surface area contributed by atoms with Gasteiger partial charge in [-0.05, 0) is 37.9 Å². The highest BCUT2D eigenvalue weighted by Crippen LogP contribution is 2.37. The molecule has 100 valence electrons. The molecule has 17 heavy (non-hydrogen) atoms. The normalized spacial score (nSPS) is 14.1. The topological polar surface area (TPSA) is 9.23 Å². The van der Waals surface area contributed by atoms with E-state index in [9.17, 15) is 0 Å². The van der Waals surface area contributed by atoms with E-state index in [-0.39, 0.29) is 0 Å². The highest BCUT2D eigenvalue weighted by Gasteiger charge is 2.38. The second kappa shape index (κ2) is 7.23. The van der Waals surface area contributed by atoms with E-state index in [0.29, 0.717) is 11.1 Å². The highest BCUT2D eigenvalue weighted by atomic mass is 28.4. The number of hydrogen-bond donors (Lipinski definition) is 0. The molecule has 0 saturated carbocycles. The number of unbranched alkanes of at least 4 members (excludes halogenated alkanes) is 1. The summed E-state index contributed by atoms with van der Waals surface area (Å²) in [5.74, 6) is 6.30. The molecule has 0 radical (unpaired) electrons. The summed E-state index contributed by atoms with van der Waals surface area (Å²) in [6, 6.07) is 0. The second-order valence-corrected chi connectivity index (χ2v) is 11.0. The van der Waals surface area contributed by atoms with E-state index in [1.807, 2.05) is 0 Å². The third-order valence-electron chi connectivity index (χ3n) is 3.52. The Morgan fingerprint density at radius 2 is 1.76 bits per heavy atom. The lowest BCUT2D eigenvalue weighted by molar-refractivity contribution is 0.187. The molecule has 0 aliphatic heterocycles. The standard InChI is InChI=1S/C15H30OSi/c1-8-9-10-11-12-13-14(2)16-17(6,7)15(3,4)5/h14H,8,11-13H2,1-7H3. The molecule has 0 aromatic carbocycles. The van der Waals surface area contributed by atoms with E-state index in [0.717, 1.165) is 25.7 Å². The van der Waals surface area contributed by atoms with E-state index in [1.54, 1.807) is 0 Å². The lowest BCUT2D eigenvalue weighted by atomic mass is 10.2. The summed E-state index contributed by atoms with van der Waals surface area (Å²) >= 11 is 0. The van der Waals surface area contributed by atoms with Crippen molar-refractivity contribution in [3.05, 3.63) is 0 Å². The molecular formula is C15H30OSi. The molecule has 0 heterocycles. The van der Waals surface area contributed by atoms with E-state index in [1.165, 1.54) is 0 Å². The van der Waals surface area contributed by atoms with Crippen LogP contribution in [0.4, 0.5) is 0 Å². The molecule has 0 N–H and O–H groups in total. The minimum Gasteiger partial charge on any atom is -0.414 e. The Bertz CT molecular complexity index is 265. The van der Waals surface area contributed by atoms with Gasteiger partial charge < -0.3 is 4.43 Å². The maximum absolute atomic E-state index is 6.30. The molecule has 2 heteroatoms. The molecule has 0 saturated heterocycles. The van der Waals surface area contributed by atoms with Gasteiger partial charge in [-0.15, -0.1) is 11.8 Å². The van der Waals surface area contributed by atoms with Crippen LogP contribution in [0.25, 0.3) is 0 Å². The molecule has 0 spiro atoms. The van der Waals surface area contributed by atoms with Gasteiger partial charge in [0.2, 0.25) is 0 Å². The fourth-order valence-electron chi connectivity index (χ4n) is 1.43. The van der Waals surface area contributed by atoms with E-state index >= 15 is 0 Å². The molecule has 1 nitrogen and oxygen atoms in total. The zero-order valence-corrected chi connectivity index (χ0v) is 13.8. The Morgan fingerprint density at radius 3 is 2.24 bits per heavy atom. The largest absolute Gasteiger partial charge is 0.414 e. The minimum atomic E-state index is -1.58. The van der Waals surface area contributed by atoms with Gasteiger partial charge >= 0.3 is 0 Å². The molecule has 0 bridgehead atoms. The third kappa shape index (κ3) is 6.91. The van der Waals surface area contributed by atoms with Crippen molar-refractivity contribution in [2.24, 2.45) is 0 Å². The number of hydrogen-bond acceptors (Lipinski definition) is 1. The monoisotopic (exact) mass is 254 g/mol. The van der Waals surface area contributed by atoms with E-state index in [2.05, 4.69) is 59.6 Å². The van der Waals surface area contributed by atoms with Crippen LogP contribution in [-0.4, -0.2) is 14.4 Å². The maximum Gasteiger partial charge on any atom is 0.192 e. The fraction of sp³-hybridized carbons (Fsp3) is 0.867. The Morgan fingerprint density at radius 1 is 1.18 bits per heavy atom. The summed E-state index contributed by atoms with van der Waals surface area (Å²) in [5.41, 5.74) is 0. The van der Waals surface area contributed by atoms with Gasteiger partial charge in [-0.2, -0.15) is 0 Å². The third-order valence-corrected chi connectivity index (χ3v) is 8.12. The van der Waals surface area contributed by atoms with Crippen LogP contribution in [0.3, 0.4) is 0 Å². The van der Waals surface area contributed by atoms with Crippen molar-refractivity contribution in [3.8, 4) is 11.8 Å². The lowest BCUT2D eigenvalue weighted by Gasteiger charge is -2.38. The van der Waals surface area contributed by atoms with Crippen LogP contribution in [0.15, 0.2) is 0 Å². The van der Waals surface area contributed by atoms with Gasteiger partial charge in [-0.1, -0.05) is 27.7 Å².